The van der Waals surface area contributed by atoms with Crippen molar-refractivity contribution in [2.75, 3.05) is 5.73 Å². The summed E-state index contributed by atoms with van der Waals surface area (Å²) in [6.45, 7) is 0. The SMILES string of the molecule is Nc1c(Br)c(F)c(F)c(Cl)c1N=S. The summed E-state index contributed by atoms with van der Waals surface area (Å²) in [6, 6.07) is 0. The third kappa shape index (κ3) is 1.66. The van der Waals surface area contributed by atoms with Crippen molar-refractivity contribution < 1.29 is 8.78 Å². The van der Waals surface area contributed by atoms with Crippen molar-refractivity contribution in [3.8, 4) is 0 Å². The summed E-state index contributed by atoms with van der Waals surface area (Å²) >= 11 is 12.5. The van der Waals surface area contributed by atoms with Crippen LogP contribution in [0.5, 0.6) is 0 Å². The Labute approximate surface area is 91.4 Å². The van der Waals surface area contributed by atoms with Crippen molar-refractivity contribution in [3.05, 3.63) is 21.1 Å². The van der Waals surface area contributed by atoms with Crippen LogP contribution < -0.4 is 5.73 Å². The van der Waals surface area contributed by atoms with Gasteiger partial charge in [0.25, 0.3) is 0 Å². The summed E-state index contributed by atoms with van der Waals surface area (Å²) in [4.78, 5) is 0. The number of hydrogen-bond acceptors (Lipinski definition) is 3. The van der Waals surface area contributed by atoms with Crippen molar-refractivity contribution in [2.24, 2.45) is 4.36 Å². The standard InChI is InChI=1S/C6H2BrClF2N2S/c7-1-3(9)4(10)2(8)6(12-13)5(1)11/h11H2. The second-order valence-corrected chi connectivity index (χ2v) is 3.46. The summed E-state index contributed by atoms with van der Waals surface area (Å²) in [5.74, 6) is -2.36. The van der Waals surface area contributed by atoms with E-state index < -0.39 is 16.7 Å². The molecule has 0 bridgehead atoms. The minimum atomic E-state index is -1.22. The highest BCUT2D eigenvalue weighted by Gasteiger charge is 2.20. The number of nitrogen functional groups attached to an aromatic ring is 1. The van der Waals surface area contributed by atoms with Crippen LogP contribution in [-0.2, 0) is 12.4 Å². The van der Waals surface area contributed by atoms with Crippen molar-refractivity contribution in [2.45, 2.75) is 0 Å². The van der Waals surface area contributed by atoms with Crippen LogP contribution in [0.25, 0.3) is 0 Å². The van der Waals surface area contributed by atoms with Gasteiger partial charge in [-0.25, -0.2) is 8.78 Å². The maximum Gasteiger partial charge on any atom is 0.180 e. The molecule has 70 valence electrons. The molecule has 0 spiro atoms. The quantitative estimate of drug-likeness (QED) is 0.489. The van der Waals surface area contributed by atoms with E-state index in [-0.39, 0.29) is 15.8 Å². The number of anilines is 1. The molecule has 0 atom stereocenters. The molecule has 0 aromatic heterocycles. The fourth-order valence-electron chi connectivity index (χ4n) is 0.726. The second-order valence-electron chi connectivity index (χ2n) is 2.11. The van der Waals surface area contributed by atoms with Gasteiger partial charge in [0.1, 0.15) is 10.7 Å². The number of benzene rings is 1. The Kier molecular flexibility index (Phi) is 3.15. The van der Waals surface area contributed by atoms with Gasteiger partial charge in [0.05, 0.1) is 10.2 Å². The van der Waals surface area contributed by atoms with Crippen molar-refractivity contribution in [1.82, 2.24) is 0 Å². The third-order valence-corrected chi connectivity index (χ3v) is 2.67. The van der Waals surface area contributed by atoms with Gasteiger partial charge < -0.3 is 5.73 Å². The van der Waals surface area contributed by atoms with E-state index in [9.17, 15) is 8.78 Å². The highest BCUT2D eigenvalue weighted by Crippen LogP contribution is 2.40. The third-order valence-electron chi connectivity index (χ3n) is 1.37. The molecular weight excluding hydrogens is 285 g/mol. The fraction of sp³-hybridized carbons (Fsp3) is 0. The highest BCUT2D eigenvalue weighted by atomic mass is 79.9. The van der Waals surface area contributed by atoms with Crippen LogP contribution in [0.3, 0.4) is 0 Å². The zero-order chi connectivity index (χ0) is 10.2. The van der Waals surface area contributed by atoms with Crippen LogP contribution in [0.4, 0.5) is 20.2 Å². The Morgan fingerprint density at radius 3 is 2.38 bits per heavy atom. The zero-order valence-corrected chi connectivity index (χ0v) is 9.10. The summed E-state index contributed by atoms with van der Waals surface area (Å²) < 4.78 is 28.8. The summed E-state index contributed by atoms with van der Waals surface area (Å²) in [5.41, 5.74) is 5.12. The average molecular weight is 288 g/mol. The lowest BCUT2D eigenvalue weighted by atomic mass is 10.2. The van der Waals surface area contributed by atoms with Crippen LogP contribution in [0.1, 0.15) is 0 Å². The lowest BCUT2D eigenvalue weighted by Gasteiger charge is -2.06. The highest BCUT2D eigenvalue weighted by molar-refractivity contribution is 9.10. The predicted octanol–water partition coefficient (Wildman–Crippen LogP) is 3.32. The minimum absolute atomic E-state index is 0.112. The largest absolute Gasteiger partial charge is 0.396 e. The summed E-state index contributed by atoms with van der Waals surface area (Å²) in [5, 5.41) is -0.506. The molecule has 0 radical (unpaired) electrons. The molecule has 0 unspecified atom stereocenters. The Balaban J connectivity index is 3.66. The number of nitrogens with zero attached hydrogens (tertiary/aromatic N) is 1. The molecule has 1 rings (SSSR count). The molecule has 0 saturated carbocycles. The average Bonchev–Trinajstić information content (AvgIpc) is 2.13. The lowest BCUT2D eigenvalue weighted by Crippen LogP contribution is -1.95. The maximum absolute atomic E-state index is 12.9. The molecule has 0 saturated heterocycles. The van der Waals surface area contributed by atoms with Gasteiger partial charge in [-0.3, -0.25) is 0 Å². The monoisotopic (exact) mass is 286 g/mol. The van der Waals surface area contributed by atoms with E-state index in [4.69, 9.17) is 17.3 Å². The predicted molar refractivity (Wildman–Crippen MR) is 52.9 cm³/mol. The Bertz CT molecular complexity index is 356. The topological polar surface area (TPSA) is 38.4 Å². The molecule has 2 nitrogen and oxygen atoms in total. The summed E-state index contributed by atoms with van der Waals surface area (Å²) in [6.07, 6.45) is 0. The molecule has 13 heavy (non-hydrogen) atoms. The molecule has 0 aliphatic heterocycles. The molecule has 1 aromatic rings. The fourth-order valence-corrected chi connectivity index (χ4v) is 1.55. The van der Waals surface area contributed by atoms with Crippen LogP contribution in [0, 0.1) is 11.6 Å². The molecule has 7 heteroatoms. The van der Waals surface area contributed by atoms with Gasteiger partial charge in [-0.05, 0) is 15.9 Å². The molecule has 2 N–H and O–H groups in total. The first kappa shape index (κ1) is 10.7. The molecule has 1 aromatic carbocycles. The van der Waals surface area contributed by atoms with E-state index in [2.05, 4.69) is 32.7 Å². The molecule has 0 heterocycles. The van der Waals surface area contributed by atoms with Gasteiger partial charge in [0.15, 0.2) is 11.6 Å². The van der Waals surface area contributed by atoms with Crippen LogP contribution in [-0.4, -0.2) is 0 Å². The van der Waals surface area contributed by atoms with Crippen LogP contribution >= 0.6 is 27.5 Å². The number of nitrogens with two attached hydrogens (primary N) is 1. The van der Waals surface area contributed by atoms with Crippen molar-refractivity contribution >= 4 is 51.3 Å². The zero-order valence-electron chi connectivity index (χ0n) is 5.94. The van der Waals surface area contributed by atoms with E-state index in [1.165, 1.54) is 0 Å². The Morgan fingerprint density at radius 2 is 1.92 bits per heavy atom. The summed E-state index contributed by atoms with van der Waals surface area (Å²) in [7, 11) is 0. The first-order valence-corrected chi connectivity index (χ1v) is 4.49. The van der Waals surface area contributed by atoms with E-state index in [0.29, 0.717) is 0 Å². The molecule has 0 fully saturated rings. The van der Waals surface area contributed by atoms with Gasteiger partial charge >= 0.3 is 0 Å². The van der Waals surface area contributed by atoms with Gasteiger partial charge in [-0.15, -0.1) is 0 Å². The van der Waals surface area contributed by atoms with E-state index in [1.807, 2.05) is 0 Å². The van der Waals surface area contributed by atoms with E-state index >= 15 is 0 Å². The van der Waals surface area contributed by atoms with Gasteiger partial charge in [0.2, 0.25) is 0 Å². The van der Waals surface area contributed by atoms with Gasteiger partial charge in [-0.2, -0.15) is 4.36 Å². The van der Waals surface area contributed by atoms with E-state index in [1.54, 1.807) is 0 Å². The van der Waals surface area contributed by atoms with Gasteiger partial charge in [-0.1, -0.05) is 11.6 Å². The lowest BCUT2D eigenvalue weighted by molar-refractivity contribution is 0.505. The first-order chi connectivity index (χ1) is 6.00. The minimum Gasteiger partial charge on any atom is -0.396 e. The molecule has 0 amide bonds. The number of halogens is 4. The molecule has 0 aliphatic rings. The Hall–Kier alpha value is -0.330. The van der Waals surface area contributed by atoms with Gasteiger partial charge in [0, 0.05) is 12.4 Å². The van der Waals surface area contributed by atoms with Crippen LogP contribution in [0.2, 0.25) is 5.02 Å². The maximum atomic E-state index is 12.9. The normalized spacial score (nSPS) is 10.2. The first-order valence-electron chi connectivity index (χ1n) is 2.95. The smallest absolute Gasteiger partial charge is 0.180 e. The van der Waals surface area contributed by atoms with Crippen molar-refractivity contribution in [1.29, 1.82) is 0 Å². The molecular formula is C6H2BrClF2N2S. The number of hydrogen-bond donors (Lipinski definition) is 1. The second kappa shape index (κ2) is 3.81. The molecule has 0 aliphatic carbocycles. The number of rotatable bonds is 1. The van der Waals surface area contributed by atoms with E-state index in [0.717, 1.165) is 0 Å². The Morgan fingerprint density at radius 1 is 1.38 bits per heavy atom. The van der Waals surface area contributed by atoms with Crippen molar-refractivity contribution in [3.63, 3.8) is 0 Å². The van der Waals surface area contributed by atoms with Crippen LogP contribution in [0.15, 0.2) is 8.84 Å².